The highest BCUT2D eigenvalue weighted by atomic mass is 16.6. The summed E-state index contributed by atoms with van der Waals surface area (Å²) in [6, 6.07) is 9.21. The Bertz CT molecular complexity index is 915. The molecule has 2 N–H and O–H groups in total. The van der Waals surface area contributed by atoms with Crippen molar-refractivity contribution in [3.8, 4) is 17.2 Å². The Morgan fingerprint density at radius 2 is 2.00 bits per heavy atom. The molecule has 0 radical (unpaired) electrons. The van der Waals surface area contributed by atoms with Gasteiger partial charge in [0.25, 0.3) is 11.6 Å². The van der Waals surface area contributed by atoms with E-state index in [1.165, 1.54) is 6.07 Å². The number of hydrogen-bond acceptors (Lipinski definition) is 6. The molecule has 0 aliphatic carbocycles. The fourth-order valence-electron chi connectivity index (χ4n) is 2.16. The second kappa shape index (κ2) is 5.41. The van der Waals surface area contributed by atoms with E-state index in [1.807, 2.05) is 0 Å². The number of ether oxygens (including phenoxy) is 1. The molecular weight excluding hydrogens is 302 g/mol. The van der Waals surface area contributed by atoms with Gasteiger partial charge in [-0.25, -0.2) is 4.98 Å². The Balaban J connectivity index is 2.18. The maximum Gasteiger partial charge on any atom is 0.272 e. The first-order valence-electron chi connectivity index (χ1n) is 6.53. The molecule has 1 heterocycles. The number of nitro benzene ring substituents is 1. The third-order valence-electron chi connectivity index (χ3n) is 3.29. The lowest BCUT2D eigenvalue weighted by atomic mass is 10.1. The molecule has 2 aromatic carbocycles. The van der Waals surface area contributed by atoms with Crippen molar-refractivity contribution >= 4 is 22.7 Å². The van der Waals surface area contributed by atoms with Crippen molar-refractivity contribution in [2.24, 2.45) is 5.73 Å². The fraction of sp³-hybridized carbons (Fsp3) is 0.0667. The first-order chi connectivity index (χ1) is 11.0. The molecule has 0 bridgehead atoms. The van der Waals surface area contributed by atoms with Crippen LogP contribution in [0.3, 0.4) is 0 Å². The Morgan fingerprint density at radius 3 is 2.57 bits per heavy atom. The minimum Gasteiger partial charge on any atom is -0.497 e. The number of rotatable bonds is 4. The number of amides is 1. The summed E-state index contributed by atoms with van der Waals surface area (Å²) in [6.07, 6.45) is 0. The zero-order valence-electron chi connectivity index (χ0n) is 12.0. The maximum absolute atomic E-state index is 11.5. The van der Waals surface area contributed by atoms with Crippen LogP contribution in [0.5, 0.6) is 5.75 Å². The quantitative estimate of drug-likeness (QED) is 0.583. The Morgan fingerprint density at radius 1 is 1.30 bits per heavy atom. The Hall–Kier alpha value is -3.42. The van der Waals surface area contributed by atoms with Gasteiger partial charge < -0.3 is 14.9 Å². The first-order valence-corrected chi connectivity index (χ1v) is 6.53. The standard InChI is InChI=1S/C15H11N3O5/c1-22-10-4-2-8(3-5-10)15-17-12-7-9(18(20)21)6-11(14(16)19)13(12)23-15/h2-7H,1H3,(H2,16,19). The molecule has 0 saturated heterocycles. The third kappa shape index (κ3) is 2.57. The predicted molar refractivity (Wildman–Crippen MR) is 81.2 cm³/mol. The van der Waals surface area contributed by atoms with Crippen LogP contribution in [0.25, 0.3) is 22.6 Å². The van der Waals surface area contributed by atoms with Gasteiger partial charge in [-0.05, 0) is 24.3 Å². The summed E-state index contributed by atoms with van der Waals surface area (Å²) >= 11 is 0. The van der Waals surface area contributed by atoms with Gasteiger partial charge in [-0.1, -0.05) is 0 Å². The van der Waals surface area contributed by atoms with E-state index in [4.69, 9.17) is 14.9 Å². The molecule has 3 rings (SSSR count). The van der Waals surface area contributed by atoms with Gasteiger partial charge in [0.2, 0.25) is 5.89 Å². The highest BCUT2D eigenvalue weighted by molar-refractivity contribution is 6.04. The van der Waals surface area contributed by atoms with E-state index in [-0.39, 0.29) is 28.2 Å². The van der Waals surface area contributed by atoms with E-state index in [0.717, 1.165) is 6.07 Å². The number of nitrogens with two attached hydrogens (primary N) is 1. The van der Waals surface area contributed by atoms with Crippen LogP contribution < -0.4 is 10.5 Å². The number of oxazole rings is 1. The van der Waals surface area contributed by atoms with Gasteiger partial charge in [0.1, 0.15) is 11.3 Å². The molecule has 0 unspecified atom stereocenters. The van der Waals surface area contributed by atoms with Crippen LogP contribution >= 0.6 is 0 Å². The molecule has 0 saturated carbocycles. The number of aromatic nitrogens is 1. The van der Waals surface area contributed by atoms with Crippen molar-refractivity contribution < 1.29 is 18.9 Å². The van der Waals surface area contributed by atoms with Gasteiger partial charge in [-0.15, -0.1) is 0 Å². The molecule has 8 heteroatoms. The third-order valence-corrected chi connectivity index (χ3v) is 3.29. The van der Waals surface area contributed by atoms with Gasteiger partial charge in [0.15, 0.2) is 5.58 Å². The summed E-state index contributed by atoms with van der Waals surface area (Å²) in [5.74, 6) is 0.0695. The number of fused-ring (bicyclic) bond motifs is 1. The highest BCUT2D eigenvalue weighted by Crippen LogP contribution is 2.30. The van der Waals surface area contributed by atoms with Crippen molar-refractivity contribution in [1.82, 2.24) is 4.98 Å². The van der Waals surface area contributed by atoms with E-state index in [9.17, 15) is 14.9 Å². The minimum atomic E-state index is -0.823. The Labute approximate surface area is 129 Å². The second-order valence-electron chi connectivity index (χ2n) is 4.71. The summed E-state index contributed by atoms with van der Waals surface area (Å²) < 4.78 is 10.6. The summed E-state index contributed by atoms with van der Waals surface area (Å²) in [7, 11) is 1.55. The molecule has 23 heavy (non-hydrogen) atoms. The zero-order chi connectivity index (χ0) is 16.6. The van der Waals surface area contributed by atoms with Crippen LogP contribution in [0.4, 0.5) is 5.69 Å². The van der Waals surface area contributed by atoms with Crippen molar-refractivity contribution in [2.45, 2.75) is 0 Å². The molecule has 0 spiro atoms. The van der Waals surface area contributed by atoms with Crippen LogP contribution in [-0.4, -0.2) is 22.9 Å². The smallest absolute Gasteiger partial charge is 0.272 e. The average Bonchev–Trinajstić information content (AvgIpc) is 2.97. The molecule has 116 valence electrons. The van der Waals surface area contributed by atoms with Gasteiger partial charge in [-0.2, -0.15) is 0 Å². The Kier molecular flexibility index (Phi) is 3.41. The fourth-order valence-corrected chi connectivity index (χ4v) is 2.16. The molecule has 3 aromatic rings. The predicted octanol–water partition coefficient (Wildman–Crippen LogP) is 2.51. The topological polar surface area (TPSA) is 121 Å². The molecule has 0 fully saturated rings. The van der Waals surface area contributed by atoms with E-state index in [1.54, 1.807) is 31.4 Å². The summed E-state index contributed by atoms with van der Waals surface area (Å²) in [5, 5.41) is 10.9. The van der Waals surface area contributed by atoms with Crippen molar-refractivity contribution in [1.29, 1.82) is 0 Å². The largest absolute Gasteiger partial charge is 0.497 e. The highest BCUT2D eigenvalue weighted by Gasteiger charge is 2.20. The number of primary amides is 1. The molecule has 8 nitrogen and oxygen atoms in total. The molecule has 1 amide bonds. The van der Waals surface area contributed by atoms with Gasteiger partial charge in [-0.3, -0.25) is 14.9 Å². The van der Waals surface area contributed by atoms with Gasteiger partial charge in [0, 0.05) is 17.7 Å². The van der Waals surface area contributed by atoms with E-state index in [2.05, 4.69) is 4.98 Å². The average molecular weight is 313 g/mol. The number of nitro groups is 1. The molecule has 0 aliphatic heterocycles. The number of hydrogen-bond donors (Lipinski definition) is 1. The lowest BCUT2D eigenvalue weighted by Crippen LogP contribution is -2.11. The number of carbonyl (C=O) groups excluding carboxylic acids is 1. The van der Waals surface area contributed by atoms with Crippen molar-refractivity contribution in [3.05, 3.63) is 52.1 Å². The first kappa shape index (κ1) is 14.5. The van der Waals surface area contributed by atoms with Crippen LogP contribution in [0, 0.1) is 10.1 Å². The molecule has 0 aliphatic rings. The molecular formula is C15H11N3O5. The zero-order valence-corrected chi connectivity index (χ0v) is 12.0. The number of methoxy groups -OCH3 is 1. The van der Waals surface area contributed by atoms with Gasteiger partial charge >= 0.3 is 0 Å². The molecule has 0 atom stereocenters. The number of nitrogens with zero attached hydrogens (tertiary/aromatic N) is 2. The number of non-ortho nitro benzene ring substituents is 1. The monoisotopic (exact) mass is 313 g/mol. The van der Waals surface area contributed by atoms with Crippen LogP contribution in [0.2, 0.25) is 0 Å². The van der Waals surface area contributed by atoms with Crippen LogP contribution in [0.15, 0.2) is 40.8 Å². The van der Waals surface area contributed by atoms with E-state index >= 15 is 0 Å². The number of carbonyl (C=O) groups is 1. The number of benzene rings is 2. The maximum atomic E-state index is 11.5. The second-order valence-corrected chi connectivity index (χ2v) is 4.71. The van der Waals surface area contributed by atoms with E-state index in [0.29, 0.717) is 11.3 Å². The summed E-state index contributed by atoms with van der Waals surface area (Å²) in [4.78, 5) is 26.0. The summed E-state index contributed by atoms with van der Waals surface area (Å²) in [5.41, 5.74) is 5.86. The lowest BCUT2D eigenvalue weighted by Gasteiger charge is -1.99. The minimum absolute atomic E-state index is 0.0820. The van der Waals surface area contributed by atoms with Crippen LogP contribution in [-0.2, 0) is 0 Å². The van der Waals surface area contributed by atoms with Crippen molar-refractivity contribution in [2.75, 3.05) is 7.11 Å². The van der Waals surface area contributed by atoms with Crippen LogP contribution in [0.1, 0.15) is 10.4 Å². The molecule has 1 aromatic heterocycles. The lowest BCUT2D eigenvalue weighted by molar-refractivity contribution is -0.384. The SMILES string of the molecule is COc1ccc(-c2nc3cc([N+](=O)[O-])cc(C(N)=O)c3o2)cc1. The normalized spacial score (nSPS) is 10.7. The van der Waals surface area contributed by atoms with Gasteiger partial charge in [0.05, 0.1) is 17.6 Å². The van der Waals surface area contributed by atoms with E-state index < -0.39 is 10.8 Å². The van der Waals surface area contributed by atoms with Crippen molar-refractivity contribution in [3.63, 3.8) is 0 Å². The summed E-state index contributed by atoms with van der Waals surface area (Å²) in [6.45, 7) is 0.